The number of guanidine groups is 1. The molecule has 0 bridgehead atoms. The van der Waals surface area contributed by atoms with Crippen LogP contribution in [0.5, 0.6) is 5.75 Å². The minimum absolute atomic E-state index is 0.0399. The fraction of sp³-hybridized carbons (Fsp3) is 0.393. The summed E-state index contributed by atoms with van der Waals surface area (Å²) in [6.07, 6.45) is 1.22. The standard InChI is InChI=1S/C28H37N7O5/c1-3-15(2)24-22(36)12-17(5-4-10-33-28(31)32)26(38)34-21-11-16(25(30)37)6-7-18(21)14-40-23-9-8-19(29)13-20(23)27(39)35-24/h6-9,11,13,15,17,24H,3-5,10,12,14,29H2,1-2H3,(H2,30,37)(H,34,38)(H,35,39)(H4,31,32,33)/t15-,17+,24-/m0/s1. The molecule has 0 saturated heterocycles. The summed E-state index contributed by atoms with van der Waals surface area (Å²) >= 11 is 0. The van der Waals surface area contributed by atoms with Crippen LogP contribution >= 0.6 is 0 Å². The first-order valence-corrected chi connectivity index (χ1v) is 13.1. The maximum atomic E-state index is 13.6. The average Bonchev–Trinajstić information content (AvgIpc) is 2.91. The molecule has 3 rings (SSSR count). The van der Waals surface area contributed by atoms with Gasteiger partial charge in [0.15, 0.2) is 11.7 Å². The van der Waals surface area contributed by atoms with Crippen molar-refractivity contribution in [2.24, 2.45) is 34.0 Å². The zero-order chi connectivity index (χ0) is 29.4. The van der Waals surface area contributed by atoms with E-state index >= 15 is 0 Å². The normalized spacial score (nSPS) is 18.6. The number of nitrogens with zero attached hydrogens (tertiary/aromatic N) is 1. The number of fused-ring (bicyclic) bond motifs is 2. The fourth-order valence-corrected chi connectivity index (χ4v) is 4.45. The molecule has 10 N–H and O–H groups in total. The van der Waals surface area contributed by atoms with Gasteiger partial charge in [0, 0.05) is 41.4 Å². The van der Waals surface area contributed by atoms with Crippen LogP contribution in [0.25, 0.3) is 0 Å². The highest BCUT2D eigenvalue weighted by atomic mass is 16.5. The number of nitrogen functional groups attached to an aromatic ring is 1. The molecule has 3 atom stereocenters. The first-order valence-electron chi connectivity index (χ1n) is 13.1. The lowest BCUT2D eigenvalue weighted by Gasteiger charge is -2.26. The van der Waals surface area contributed by atoms with Gasteiger partial charge in [-0.05, 0) is 49.1 Å². The highest BCUT2D eigenvalue weighted by molar-refractivity contribution is 6.02. The number of ether oxygens (including phenoxy) is 1. The molecule has 1 heterocycles. The van der Waals surface area contributed by atoms with Crippen LogP contribution in [0, 0.1) is 11.8 Å². The molecule has 2 aromatic rings. The quantitative estimate of drug-likeness (QED) is 0.128. The van der Waals surface area contributed by atoms with Gasteiger partial charge in [-0.2, -0.15) is 0 Å². The summed E-state index contributed by atoms with van der Waals surface area (Å²) in [7, 11) is 0. The number of hydrogen-bond donors (Lipinski definition) is 6. The van der Waals surface area contributed by atoms with E-state index in [1.807, 2.05) is 13.8 Å². The van der Waals surface area contributed by atoms with Crippen molar-refractivity contribution < 1.29 is 23.9 Å². The minimum atomic E-state index is -0.850. The van der Waals surface area contributed by atoms with Crippen LogP contribution in [0.1, 0.15) is 65.8 Å². The number of nitrogens with two attached hydrogens (primary N) is 4. The molecule has 0 radical (unpaired) electrons. The molecule has 0 aromatic heterocycles. The lowest BCUT2D eigenvalue weighted by Crippen LogP contribution is -2.46. The Balaban J connectivity index is 2.07. The van der Waals surface area contributed by atoms with E-state index in [0.717, 1.165) is 0 Å². The zero-order valence-corrected chi connectivity index (χ0v) is 22.7. The molecule has 2 aromatic carbocycles. The highest BCUT2D eigenvalue weighted by Gasteiger charge is 2.32. The van der Waals surface area contributed by atoms with Crippen molar-refractivity contribution in [3.05, 3.63) is 53.1 Å². The van der Waals surface area contributed by atoms with Crippen LogP contribution in [-0.2, 0) is 16.2 Å². The van der Waals surface area contributed by atoms with Gasteiger partial charge < -0.3 is 38.3 Å². The fourth-order valence-electron chi connectivity index (χ4n) is 4.45. The Hall–Kier alpha value is -4.61. The van der Waals surface area contributed by atoms with Gasteiger partial charge in [-0.1, -0.05) is 26.3 Å². The highest BCUT2D eigenvalue weighted by Crippen LogP contribution is 2.28. The second kappa shape index (κ2) is 13.5. The average molecular weight is 552 g/mol. The van der Waals surface area contributed by atoms with Crippen molar-refractivity contribution in [2.45, 2.75) is 52.2 Å². The molecule has 0 saturated carbocycles. The van der Waals surface area contributed by atoms with Crippen LogP contribution < -0.4 is 38.3 Å². The van der Waals surface area contributed by atoms with Gasteiger partial charge in [0.25, 0.3) is 5.91 Å². The SMILES string of the molecule is CC[C@H](C)[C@@H]1NC(=O)c2cc(N)ccc2OCc2ccc(C(N)=O)cc2NC(=O)[C@H](CCCN=C(N)N)CC1=O. The number of nitrogens with one attached hydrogen (secondary N) is 2. The minimum Gasteiger partial charge on any atom is -0.488 e. The van der Waals surface area contributed by atoms with Crippen molar-refractivity contribution >= 4 is 40.8 Å². The van der Waals surface area contributed by atoms with E-state index in [4.69, 9.17) is 27.7 Å². The number of aliphatic imine (C=N–C) groups is 1. The van der Waals surface area contributed by atoms with E-state index < -0.39 is 29.7 Å². The summed E-state index contributed by atoms with van der Waals surface area (Å²) in [6, 6.07) is 8.38. The number of primary amides is 1. The number of ketones is 1. The van der Waals surface area contributed by atoms with E-state index in [0.29, 0.717) is 36.2 Å². The Labute approximate surface area is 232 Å². The molecule has 1 aliphatic heterocycles. The number of benzene rings is 2. The third-order valence-corrected chi connectivity index (χ3v) is 6.95. The van der Waals surface area contributed by atoms with Gasteiger partial charge in [-0.15, -0.1) is 0 Å². The summed E-state index contributed by atoms with van der Waals surface area (Å²) in [5, 5.41) is 5.71. The Morgan fingerprint density at radius 2 is 1.88 bits per heavy atom. The third-order valence-electron chi connectivity index (χ3n) is 6.95. The second-order valence-corrected chi connectivity index (χ2v) is 9.92. The van der Waals surface area contributed by atoms with Gasteiger partial charge >= 0.3 is 0 Å². The molecule has 0 fully saturated rings. The van der Waals surface area contributed by atoms with Crippen molar-refractivity contribution in [1.82, 2.24) is 5.32 Å². The Bertz CT molecular complexity index is 1310. The Kier molecular flexibility index (Phi) is 10.1. The number of hydrogen-bond acceptors (Lipinski definition) is 7. The number of anilines is 2. The molecule has 12 nitrogen and oxygen atoms in total. The van der Waals surface area contributed by atoms with E-state index in [9.17, 15) is 19.2 Å². The first kappa shape index (κ1) is 29.9. The summed E-state index contributed by atoms with van der Waals surface area (Å²) in [5.41, 5.74) is 23.8. The van der Waals surface area contributed by atoms with Crippen LogP contribution in [-0.4, -0.2) is 42.1 Å². The van der Waals surface area contributed by atoms with Crippen molar-refractivity contribution in [2.75, 3.05) is 17.6 Å². The molecule has 3 amide bonds. The number of carbonyl (C=O) groups is 4. The van der Waals surface area contributed by atoms with E-state index in [2.05, 4.69) is 15.6 Å². The summed E-state index contributed by atoms with van der Waals surface area (Å²) in [6.45, 7) is 4.01. The number of carbonyl (C=O) groups excluding carboxylic acids is 4. The predicted octanol–water partition coefficient (Wildman–Crippen LogP) is 1.67. The lowest BCUT2D eigenvalue weighted by molar-refractivity contribution is -0.128. The van der Waals surface area contributed by atoms with Crippen molar-refractivity contribution in [1.29, 1.82) is 0 Å². The molecule has 214 valence electrons. The molecule has 1 aliphatic rings. The molecule has 40 heavy (non-hydrogen) atoms. The van der Waals surface area contributed by atoms with Gasteiger partial charge in [-0.25, -0.2) is 0 Å². The number of amides is 3. The topological polar surface area (TPSA) is 218 Å². The summed E-state index contributed by atoms with van der Waals surface area (Å²) < 4.78 is 5.99. The monoisotopic (exact) mass is 551 g/mol. The van der Waals surface area contributed by atoms with Gasteiger partial charge in [0.2, 0.25) is 11.8 Å². The molecular weight excluding hydrogens is 514 g/mol. The lowest BCUT2D eigenvalue weighted by atomic mass is 9.87. The number of Topliss-reactive ketones (excluding diaryl/α,β-unsaturated/α-hetero) is 1. The van der Waals surface area contributed by atoms with Crippen LogP contribution in [0.4, 0.5) is 11.4 Å². The molecule has 0 aliphatic carbocycles. The maximum absolute atomic E-state index is 13.6. The molecule has 12 heteroatoms. The second-order valence-electron chi connectivity index (χ2n) is 9.92. The van der Waals surface area contributed by atoms with E-state index in [-0.39, 0.29) is 54.1 Å². The van der Waals surface area contributed by atoms with Crippen LogP contribution in [0.15, 0.2) is 41.4 Å². The third kappa shape index (κ3) is 7.71. The Morgan fingerprint density at radius 3 is 2.55 bits per heavy atom. The Morgan fingerprint density at radius 1 is 1.12 bits per heavy atom. The van der Waals surface area contributed by atoms with Crippen molar-refractivity contribution in [3.8, 4) is 5.75 Å². The smallest absolute Gasteiger partial charge is 0.255 e. The number of rotatable bonds is 7. The molecule has 0 spiro atoms. The van der Waals surface area contributed by atoms with E-state index in [1.54, 1.807) is 18.2 Å². The maximum Gasteiger partial charge on any atom is 0.255 e. The molecule has 0 unspecified atom stereocenters. The molecular formula is C28H37N7O5. The predicted molar refractivity (Wildman–Crippen MR) is 153 cm³/mol. The van der Waals surface area contributed by atoms with E-state index in [1.165, 1.54) is 18.2 Å². The summed E-state index contributed by atoms with van der Waals surface area (Å²) in [5.74, 6) is -2.71. The summed E-state index contributed by atoms with van der Waals surface area (Å²) in [4.78, 5) is 56.4. The van der Waals surface area contributed by atoms with Gasteiger partial charge in [0.1, 0.15) is 12.4 Å². The zero-order valence-electron chi connectivity index (χ0n) is 22.7. The first-order chi connectivity index (χ1) is 19.0. The van der Waals surface area contributed by atoms with Gasteiger partial charge in [-0.3, -0.25) is 24.2 Å². The van der Waals surface area contributed by atoms with Crippen LogP contribution in [0.3, 0.4) is 0 Å². The van der Waals surface area contributed by atoms with Crippen molar-refractivity contribution in [3.63, 3.8) is 0 Å². The van der Waals surface area contributed by atoms with Gasteiger partial charge in [0.05, 0.1) is 11.6 Å². The van der Waals surface area contributed by atoms with Crippen LogP contribution in [0.2, 0.25) is 0 Å². The largest absolute Gasteiger partial charge is 0.488 e.